The number of rotatable bonds is 5. The number of amides is 1. The van der Waals surface area contributed by atoms with Gasteiger partial charge in [-0.3, -0.25) is 9.78 Å². The highest BCUT2D eigenvalue weighted by Crippen LogP contribution is 2.23. The average Bonchev–Trinajstić information content (AvgIpc) is 2.67. The van der Waals surface area contributed by atoms with Crippen molar-refractivity contribution in [1.29, 1.82) is 0 Å². The van der Waals surface area contributed by atoms with Crippen LogP contribution in [-0.2, 0) is 6.61 Å². The van der Waals surface area contributed by atoms with Crippen LogP contribution in [0, 0.1) is 0 Å². The summed E-state index contributed by atoms with van der Waals surface area (Å²) in [5.74, 6) is 0.720. The molecule has 0 spiro atoms. The highest BCUT2D eigenvalue weighted by atomic mass is 16.5. The lowest BCUT2D eigenvalue weighted by molar-refractivity contribution is 0.0583. The molecule has 2 heterocycles. The molecule has 1 aliphatic heterocycles. The van der Waals surface area contributed by atoms with E-state index in [1.165, 1.54) is 0 Å². The Kier molecular flexibility index (Phi) is 5.66. The summed E-state index contributed by atoms with van der Waals surface area (Å²) in [7, 11) is 0. The third-order valence-corrected chi connectivity index (χ3v) is 4.63. The van der Waals surface area contributed by atoms with E-state index in [9.17, 15) is 4.79 Å². The normalized spacial score (nSPS) is 18.6. The number of aromatic nitrogens is 1. The molecule has 2 unspecified atom stereocenters. The molecule has 1 aromatic carbocycles. The monoisotopic (exact) mass is 339 g/mol. The molecule has 2 aromatic rings. The molecule has 5 nitrogen and oxygen atoms in total. The summed E-state index contributed by atoms with van der Waals surface area (Å²) in [5, 5.41) is 0. The first-order valence-corrected chi connectivity index (χ1v) is 8.83. The number of ether oxygens (including phenoxy) is 1. The second-order valence-electron chi connectivity index (χ2n) is 6.60. The van der Waals surface area contributed by atoms with Crippen molar-refractivity contribution < 1.29 is 9.53 Å². The zero-order valence-corrected chi connectivity index (χ0v) is 14.6. The summed E-state index contributed by atoms with van der Waals surface area (Å²) in [6.45, 7) is 3.17. The van der Waals surface area contributed by atoms with E-state index in [1.54, 1.807) is 12.4 Å². The molecule has 1 aliphatic rings. The first kappa shape index (κ1) is 17.4. The number of piperidine rings is 1. The molecule has 3 rings (SSSR count). The summed E-state index contributed by atoms with van der Waals surface area (Å²) >= 11 is 0. The van der Waals surface area contributed by atoms with Crippen molar-refractivity contribution in [3.63, 3.8) is 0 Å². The lowest BCUT2D eigenvalue weighted by Gasteiger charge is -2.38. The Morgan fingerprint density at radius 3 is 3.00 bits per heavy atom. The van der Waals surface area contributed by atoms with Crippen LogP contribution in [0.1, 0.15) is 42.1 Å². The maximum absolute atomic E-state index is 12.9. The van der Waals surface area contributed by atoms with E-state index in [2.05, 4.69) is 4.98 Å². The van der Waals surface area contributed by atoms with Crippen molar-refractivity contribution >= 4 is 5.91 Å². The van der Waals surface area contributed by atoms with Crippen molar-refractivity contribution in [2.75, 3.05) is 6.54 Å². The SMILES string of the molecule is CC(N)C1CCCCN1C(=O)c1cccc(OCc2cccnc2)c1. The standard InChI is InChI=1S/C20H25N3O2/c1-15(21)19-9-2-3-11-23(19)20(24)17-7-4-8-18(12-17)25-14-16-6-5-10-22-13-16/h4-8,10,12-13,15,19H,2-3,9,11,14,21H2,1H3. The van der Waals surface area contributed by atoms with Crippen LogP contribution in [0.2, 0.25) is 0 Å². The molecule has 1 saturated heterocycles. The quantitative estimate of drug-likeness (QED) is 0.909. The molecule has 1 amide bonds. The van der Waals surface area contributed by atoms with Gasteiger partial charge in [-0.2, -0.15) is 0 Å². The fraction of sp³-hybridized carbons (Fsp3) is 0.400. The van der Waals surface area contributed by atoms with Gasteiger partial charge in [0.2, 0.25) is 0 Å². The molecule has 0 radical (unpaired) electrons. The fourth-order valence-corrected chi connectivity index (χ4v) is 3.29. The Bertz CT molecular complexity index is 703. The summed E-state index contributed by atoms with van der Waals surface area (Å²) in [6.07, 6.45) is 6.64. The van der Waals surface area contributed by atoms with Crippen LogP contribution in [0.15, 0.2) is 48.8 Å². The van der Waals surface area contributed by atoms with Gasteiger partial charge in [0, 0.05) is 42.1 Å². The van der Waals surface area contributed by atoms with Crippen LogP contribution in [-0.4, -0.2) is 34.4 Å². The van der Waals surface area contributed by atoms with Crippen LogP contribution in [0.5, 0.6) is 5.75 Å². The van der Waals surface area contributed by atoms with Crippen molar-refractivity contribution in [3.8, 4) is 5.75 Å². The third kappa shape index (κ3) is 4.37. The molecule has 2 N–H and O–H groups in total. The Hall–Kier alpha value is -2.40. The van der Waals surface area contributed by atoms with Gasteiger partial charge < -0.3 is 15.4 Å². The van der Waals surface area contributed by atoms with E-state index in [-0.39, 0.29) is 18.0 Å². The van der Waals surface area contributed by atoms with E-state index >= 15 is 0 Å². The van der Waals surface area contributed by atoms with Gasteiger partial charge in [0.25, 0.3) is 5.91 Å². The number of pyridine rings is 1. The van der Waals surface area contributed by atoms with Gasteiger partial charge in [0.05, 0.1) is 0 Å². The summed E-state index contributed by atoms with van der Waals surface area (Å²) in [6, 6.07) is 11.3. The van der Waals surface area contributed by atoms with E-state index in [4.69, 9.17) is 10.5 Å². The minimum atomic E-state index is -0.0192. The van der Waals surface area contributed by atoms with Crippen LogP contribution in [0.3, 0.4) is 0 Å². The first-order valence-electron chi connectivity index (χ1n) is 8.83. The Morgan fingerprint density at radius 1 is 1.36 bits per heavy atom. The van der Waals surface area contributed by atoms with E-state index in [0.717, 1.165) is 31.4 Å². The molecule has 2 atom stereocenters. The third-order valence-electron chi connectivity index (χ3n) is 4.63. The minimum absolute atomic E-state index is 0.0192. The molecular formula is C20H25N3O2. The fourth-order valence-electron chi connectivity index (χ4n) is 3.29. The molecule has 0 saturated carbocycles. The van der Waals surface area contributed by atoms with E-state index < -0.39 is 0 Å². The molecule has 1 fully saturated rings. The van der Waals surface area contributed by atoms with Gasteiger partial charge in [-0.1, -0.05) is 12.1 Å². The van der Waals surface area contributed by atoms with Crippen LogP contribution >= 0.6 is 0 Å². The second-order valence-corrected chi connectivity index (χ2v) is 6.60. The lowest BCUT2D eigenvalue weighted by atomic mass is 9.96. The topological polar surface area (TPSA) is 68.5 Å². The minimum Gasteiger partial charge on any atom is -0.489 e. The molecule has 0 bridgehead atoms. The van der Waals surface area contributed by atoms with Gasteiger partial charge in [-0.15, -0.1) is 0 Å². The van der Waals surface area contributed by atoms with Crippen molar-refractivity contribution in [2.45, 2.75) is 44.9 Å². The van der Waals surface area contributed by atoms with Gasteiger partial charge in [-0.05, 0) is 50.5 Å². The number of likely N-dealkylation sites (tertiary alicyclic amines) is 1. The Labute approximate surface area is 148 Å². The number of nitrogens with zero attached hydrogens (tertiary/aromatic N) is 2. The summed E-state index contributed by atoms with van der Waals surface area (Å²) in [4.78, 5) is 18.9. The summed E-state index contributed by atoms with van der Waals surface area (Å²) in [5.41, 5.74) is 7.73. The van der Waals surface area contributed by atoms with Crippen LogP contribution in [0.25, 0.3) is 0 Å². The average molecular weight is 339 g/mol. The predicted octanol–water partition coefficient (Wildman–Crippen LogP) is 3.00. The molecule has 5 heteroatoms. The van der Waals surface area contributed by atoms with Gasteiger partial charge in [0.15, 0.2) is 0 Å². The number of nitrogens with two attached hydrogens (primary N) is 1. The number of carbonyl (C=O) groups excluding carboxylic acids is 1. The number of hydrogen-bond donors (Lipinski definition) is 1. The molecular weight excluding hydrogens is 314 g/mol. The highest BCUT2D eigenvalue weighted by Gasteiger charge is 2.29. The molecule has 25 heavy (non-hydrogen) atoms. The van der Waals surface area contributed by atoms with E-state index in [1.807, 2.05) is 48.2 Å². The lowest BCUT2D eigenvalue weighted by Crippen LogP contribution is -2.51. The number of benzene rings is 1. The Balaban J connectivity index is 1.70. The van der Waals surface area contributed by atoms with E-state index in [0.29, 0.717) is 17.9 Å². The smallest absolute Gasteiger partial charge is 0.254 e. The van der Waals surface area contributed by atoms with Crippen LogP contribution < -0.4 is 10.5 Å². The van der Waals surface area contributed by atoms with Gasteiger partial charge in [-0.25, -0.2) is 0 Å². The van der Waals surface area contributed by atoms with Crippen LogP contribution in [0.4, 0.5) is 0 Å². The maximum atomic E-state index is 12.9. The predicted molar refractivity (Wildman–Crippen MR) is 97.3 cm³/mol. The maximum Gasteiger partial charge on any atom is 0.254 e. The zero-order valence-electron chi connectivity index (χ0n) is 14.6. The van der Waals surface area contributed by atoms with Crippen molar-refractivity contribution in [1.82, 2.24) is 9.88 Å². The zero-order chi connectivity index (χ0) is 17.6. The van der Waals surface area contributed by atoms with Gasteiger partial charge >= 0.3 is 0 Å². The summed E-state index contributed by atoms with van der Waals surface area (Å²) < 4.78 is 5.81. The molecule has 1 aromatic heterocycles. The second kappa shape index (κ2) is 8.12. The first-order chi connectivity index (χ1) is 12.1. The Morgan fingerprint density at radius 2 is 2.24 bits per heavy atom. The number of carbonyl (C=O) groups is 1. The number of hydrogen-bond acceptors (Lipinski definition) is 4. The molecule has 132 valence electrons. The highest BCUT2D eigenvalue weighted by molar-refractivity contribution is 5.95. The largest absolute Gasteiger partial charge is 0.489 e. The van der Waals surface area contributed by atoms with Crippen molar-refractivity contribution in [3.05, 3.63) is 59.9 Å². The molecule has 0 aliphatic carbocycles. The van der Waals surface area contributed by atoms with Gasteiger partial charge in [0.1, 0.15) is 12.4 Å². The van der Waals surface area contributed by atoms with Crippen molar-refractivity contribution in [2.24, 2.45) is 5.73 Å².